The van der Waals surface area contributed by atoms with E-state index in [2.05, 4.69) is 125 Å². The van der Waals surface area contributed by atoms with Crippen LogP contribution >= 0.6 is 0 Å². The van der Waals surface area contributed by atoms with Crippen LogP contribution in [0.5, 0.6) is 17.2 Å². The Hall–Kier alpha value is -6.69. The van der Waals surface area contributed by atoms with Gasteiger partial charge in [0.15, 0.2) is 0 Å². The Morgan fingerprint density at radius 2 is 0.917 bits per heavy atom. The lowest BCUT2D eigenvalue weighted by Crippen LogP contribution is -2.22. The number of hydrogen-bond acceptors (Lipinski definition) is 8. The summed E-state index contributed by atoms with van der Waals surface area (Å²) in [6.07, 6.45) is 22.0. The Labute approximate surface area is 429 Å². The number of ether oxygens (including phenoxy) is 3. The Kier molecular flexibility index (Phi) is 23.1. The maximum atomic E-state index is 13.8. The second-order valence-corrected chi connectivity index (χ2v) is 17.5. The van der Waals surface area contributed by atoms with Crippen molar-refractivity contribution in [3.05, 3.63) is 176 Å². The molecule has 386 valence electrons. The lowest BCUT2D eigenvalue weighted by Gasteiger charge is -2.17. The van der Waals surface area contributed by atoms with E-state index in [-0.39, 0.29) is 5.82 Å². The van der Waals surface area contributed by atoms with Gasteiger partial charge in [0.05, 0.1) is 27.4 Å². The molecule has 4 aromatic carbocycles. The zero-order valence-corrected chi connectivity index (χ0v) is 45.1. The molecule has 12 heteroatoms. The van der Waals surface area contributed by atoms with Gasteiger partial charge in [-0.1, -0.05) is 67.5 Å². The summed E-state index contributed by atoms with van der Waals surface area (Å²) in [6.45, 7) is 21.8. The second-order valence-electron chi connectivity index (χ2n) is 17.5. The third kappa shape index (κ3) is 15.4. The predicted molar refractivity (Wildman–Crippen MR) is 293 cm³/mol. The molecule has 11 nitrogen and oxygen atoms in total. The van der Waals surface area contributed by atoms with Crippen LogP contribution in [-0.4, -0.2) is 69.7 Å². The van der Waals surface area contributed by atoms with E-state index in [9.17, 15) is 4.39 Å². The highest BCUT2D eigenvalue weighted by Gasteiger charge is 2.17. The molecule has 1 aliphatic heterocycles. The van der Waals surface area contributed by atoms with E-state index in [1.54, 1.807) is 45.1 Å². The summed E-state index contributed by atoms with van der Waals surface area (Å²) in [5, 5.41) is 3.35. The summed E-state index contributed by atoms with van der Waals surface area (Å²) in [6, 6.07) is 16.3. The maximum absolute atomic E-state index is 13.8. The Balaban J connectivity index is 0.000000178. The largest absolute Gasteiger partial charge is 0.497 e. The van der Waals surface area contributed by atoms with Gasteiger partial charge in [0.1, 0.15) is 46.4 Å². The first-order chi connectivity index (χ1) is 35.1. The third-order valence-corrected chi connectivity index (χ3v) is 13.3. The molecule has 0 saturated carbocycles. The van der Waals surface area contributed by atoms with Crippen LogP contribution in [0.4, 0.5) is 4.39 Å². The van der Waals surface area contributed by atoms with Gasteiger partial charge in [0.25, 0.3) is 0 Å². The summed E-state index contributed by atoms with van der Waals surface area (Å²) in [5.41, 5.74) is 15.4. The SMILES string of the molecule is CCOc1cc(CC)c(Cc2ncc[nH]2)c(CC)c1.CCc1cc(OC)cc(CC)c1Cc1ncc[nH]1.CCc1ccc(F)c(CC)c1Cc1ncc[nH]1.CCc1ccc(OC)c(CC)c1CC1=NCCN1. The fourth-order valence-corrected chi connectivity index (χ4v) is 9.53. The molecule has 72 heavy (non-hydrogen) atoms. The first-order valence-electron chi connectivity index (χ1n) is 26.3. The number of nitrogens with one attached hydrogen (secondary N) is 4. The normalized spacial score (nSPS) is 11.6. The molecule has 0 saturated heterocycles. The van der Waals surface area contributed by atoms with Gasteiger partial charge in [0, 0.05) is 69.4 Å². The van der Waals surface area contributed by atoms with E-state index in [1.165, 1.54) is 55.6 Å². The highest BCUT2D eigenvalue weighted by molar-refractivity contribution is 5.86. The number of H-pyrrole nitrogens is 3. The fraction of sp³-hybridized carbons (Fsp3) is 0.433. The Bertz CT molecular complexity index is 2660. The summed E-state index contributed by atoms with van der Waals surface area (Å²) in [4.78, 5) is 26.8. The van der Waals surface area contributed by atoms with E-state index in [0.29, 0.717) is 13.0 Å². The monoisotopic (exact) mass is 981 g/mol. The van der Waals surface area contributed by atoms with Crippen LogP contribution in [0.25, 0.3) is 0 Å². The van der Waals surface area contributed by atoms with Crippen molar-refractivity contribution in [2.75, 3.05) is 33.9 Å². The van der Waals surface area contributed by atoms with Crippen molar-refractivity contribution in [3.63, 3.8) is 0 Å². The number of aromatic amines is 3. The van der Waals surface area contributed by atoms with Crippen LogP contribution in [0.3, 0.4) is 0 Å². The molecule has 0 spiro atoms. The average molecular weight is 981 g/mol. The van der Waals surface area contributed by atoms with E-state index in [0.717, 1.165) is 135 Å². The quantitative estimate of drug-likeness (QED) is 0.0597. The van der Waals surface area contributed by atoms with Gasteiger partial charge in [0.2, 0.25) is 0 Å². The van der Waals surface area contributed by atoms with E-state index in [4.69, 9.17) is 14.2 Å². The molecule has 3 aromatic heterocycles. The van der Waals surface area contributed by atoms with Crippen molar-refractivity contribution in [1.29, 1.82) is 0 Å². The smallest absolute Gasteiger partial charge is 0.126 e. The van der Waals surface area contributed by atoms with Crippen molar-refractivity contribution < 1.29 is 18.6 Å². The zero-order valence-electron chi connectivity index (χ0n) is 45.1. The number of amidine groups is 1. The number of aromatic nitrogens is 6. The number of rotatable bonds is 20. The molecule has 4 N–H and O–H groups in total. The summed E-state index contributed by atoms with van der Waals surface area (Å²) in [7, 11) is 3.47. The topological polar surface area (TPSA) is 138 Å². The fourth-order valence-electron chi connectivity index (χ4n) is 9.53. The minimum Gasteiger partial charge on any atom is -0.497 e. The number of benzene rings is 4. The molecule has 0 amide bonds. The molecule has 7 aromatic rings. The Morgan fingerprint density at radius 1 is 0.472 bits per heavy atom. The second kappa shape index (κ2) is 29.6. The first kappa shape index (κ1) is 56.2. The number of methoxy groups -OCH3 is 2. The molecular formula is C60H81FN8O3. The summed E-state index contributed by atoms with van der Waals surface area (Å²) < 4.78 is 30.3. The minimum atomic E-state index is -0.105. The average Bonchev–Trinajstić information content (AvgIpc) is 4.29. The van der Waals surface area contributed by atoms with Gasteiger partial charge in [-0.2, -0.15) is 0 Å². The summed E-state index contributed by atoms with van der Waals surface area (Å²) >= 11 is 0. The van der Waals surface area contributed by atoms with E-state index < -0.39 is 0 Å². The molecule has 4 heterocycles. The lowest BCUT2D eigenvalue weighted by molar-refractivity contribution is 0.339. The van der Waals surface area contributed by atoms with Gasteiger partial charge >= 0.3 is 0 Å². The van der Waals surface area contributed by atoms with Gasteiger partial charge in [-0.15, -0.1) is 0 Å². The van der Waals surface area contributed by atoms with Gasteiger partial charge in [-0.25, -0.2) is 19.3 Å². The van der Waals surface area contributed by atoms with E-state index in [1.807, 2.05) is 32.3 Å². The number of imidazole rings is 3. The molecule has 8 rings (SSSR count). The van der Waals surface area contributed by atoms with Crippen molar-refractivity contribution in [2.24, 2.45) is 4.99 Å². The molecular weight excluding hydrogens is 900 g/mol. The third-order valence-electron chi connectivity index (χ3n) is 13.3. The molecule has 0 aliphatic carbocycles. The van der Waals surface area contributed by atoms with Crippen molar-refractivity contribution in [2.45, 2.75) is 139 Å². The van der Waals surface area contributed by atoms with Crippen LogP contribution in [0, 0.1) is 5.82 Å². The zero-order chi connectivity index (χ0) is 51.8. The molecule has 1 aliphatic rings. The molecule has 0 radical (unpaired) electrons. The van der Waals surface area contributed by atoms with Crippen LogP contribution in [-0.2, 0) is 77.0 Å². The number of nitrogens with zero attached hydrogens (tertiary/aromatic N) is 4. The van der Waals surface area contributed by atoms with E-state index >= 15 is 0 Å². The number of aryl methyl sites for hydroxylation is 6. The molecule has 0 bridgehead atoms. The van der Waals surface area contributed by atoms with Gasteiger partial charge < -0.3 is 34.5 Å². The van der Waals surface area contributed by atoms with Crippen molar-refractivity contribution in [3.8, 4) is 17.2 Å². The minimum absolute atomic E-state index is 0.105. The first-order valence-corrected chi connectivity index (χ1v) is 26.3. The molecule has 0 atom stereocenters. The Morgan fingerprint density at radius 3 is 1.29 bits per heavy atom. The van der Waals surface area contributed by atoms with Crippen LogP contribution < -0.4 is 19.5 Å². The maximum Gasteiger partial charge on any atom is 0.126 e. The van der Waals surface area contributed by atoms with Gasteiger partial charge in [-0.3, -0.25) is 4.99 Å². The standard InChI is InChI=1S/C16H22N2O.C15H20N2O.C15H22N2O.C14H17FN2/c1-4-12-9-14(19-6-3)10-13(5-2)15(12)11-16-17-7-8-18-16;1-4-11-8-13(18-3)9-12(5-2)14(11)10-15-16-6-7-17-15;1-4-11-6-7-14(18-3)12(5-2)13(11)10-15-16-8-9-17-15;1-3-10-5-6-13(15)11(4-2)12(10)9-14-16-7-8-17-14/h7-10H,4-6,11H2,1-3H3,(H,17,18);6-9H,4-5,10H2,1-3H3,(H,16,17);6-7H,4-5,8-10H2,1-3H3,(H,16,17);5-8H,3-4,9H2,1-2H3,(H,16,17). The highest BCUT2D eigenvalue weighted by atomic mass is 19.1. The number of hydrogen-bond donors (Lipinski definition) is 4. The van der Waals surface area contributed by atoms with Crippen LogP contribution in [0.2, 0.25) is 0 Å². The van der Waals surface area contributed by atoms with Crippen LogP contribution in [0.15, 0.2) is 90.7 Å². The lowest BCUT2D eigenvalue weighted by atomic mass is 9.94. The van der Waals surface area contributed by atoms with Crippen molar-refractivity contribution in [1.82, 2.24) is 35.2 Å². The highest BCUT2D eigenvalue weighted by Crippen LogP contribution is 2.29. The number of aliphatic imine (C=N–C) groups is 1. The molecule has 0 unspecified atom stereocenters. The predicted octanol–water partition coefficient (Wildman–Crippen LogP) is 12.3. The van der Waals surface area contributed by atoms with Crippen LogP contribution in [0.1, 0.15) is 147 Å². The van der Waals surface area contributed by atoms with Crippen molar-refractivity contribution >= 4 is 5.84 Å². The number of halogens is 1. The summed E-state index contributed by atoms with van der Waals surface area (Å²) in [5.74, 6) is 6.88. The van der Waals surface area contributed by atoms with Gasteiger partial charge in [-0.05, 0) is 161 Å². The molecule has 0 fully saturated rings.